The van der Waals surface area contributed by atoms with Crippen molar-refractivity contribution in [1.29, 1.82) is 0 Å². The molecule has 1 aromatic carbocycles. The monoisotopic (exact) mass is 187 g/mol. The van der Waals surface area contributed by atoms with Crippen LogP contribution in [0.5, 0.6) is 0 Å². The fraction of sp³-hybridized carbons (Fsp3) is 0.182. The molecular weight excluding hydrogens is 174 g/mol. The van der Waals surface area contributed by atoms with Crippen molar-refractivity contribution in [3.8, 4) is 0 Å². The quantitative estimate of drug-likeness (QED) is 0.725. The Morgan fingerprint density at radius 3 is 2.79 bits per heavy atom. The Balaban J connectivity index is 2.44. The van der Waals surface area contributed by atoms with E-state index in [9.17, 15) is 0 Å². The summed E-state index contributed by atoms with van der Waals surface area (Å²) in [5.41, 5.74) is 6.53. The van der Waals surface area contributed by atoms with Gasteiger partial charge in [0.2, 0.25) is 0 Å². The Bertz CT molecular complexity index is 393. The van der Waals surface area contributed by atoms with Crippen LogP contribution < -0.4 is 5.53 Å². The Labute approximate surface area is 83.7 Å². The number of hydrazone groups is 1. The summed E-state index contributed by atoms with van der Waals surface area (Å²) in [5.74, 6) is 0. The topological polar surface area (TPSA) is 27.6 Å². The minimum Gasteiger partial charge on any atom is -0.275 e. The third kappa shape index (κ3) is 1.48. The van der Waals surface area contributed by atoms with E-state index in [4.69, 9.17) is 0 Å². The minimum atomic E-state index is 1.14. The minimum absolute atomic E-state index is 1.14. The van der Waals surface area contributed by atoms with E-state index >= 15 is 0 Å². The molecule has 1 heterocycles. The van der Waals surface area contributed by atoms with Gasteiger partial charge in [0.15, 0.2) is 0 Å². The van der Waals surface area contributed by atoms with Crippen LogP contribution in [-0.4, -0.2) is 18.3 Å². The molecule has 1 aliphatic rings. The maximum Gasteiger partial charge on any atom is 0.0675 e. The van der Waals surface area contributed by atoms with Gasteiger partial charge in [0.05, 0.1) is 11.9 Å². The summed E-state index contributed by atoms with van der Waals surface area (Å²) in [6.07, 6.45) is 3.76. The lowest BCUT2D eigenvalue weighted by atomic mass is 10.1. The molecule has 0 saturated heterocycles. The zero-order valence-electron chi connectivity index (χ0n) is 8.36. The molecule has 0 bridgehead atoms. The summed E-state index contributed by atoms with van der Waals surface area (Å²) in [4.78, 5) is 0. The molecule has 0 amide bonds. The van der Waals surface area contributed by atoms with Gasteiger partial charge < -0.3 is 0 Å². The summed E-state index contributed by atoms with van der Waals surface area (Å²) >= 11 is 0. The highest BCUT2D eigenvalue weighted by Crippen LogP contribution is 2.20. The number of allylic oxidation sites excluding steroid dienone is 1. The second kappa shape index (κ2) is 3.54. The Morgan fingerprint density at radius 2 is 2.07 bits per heavy atom. The van der Waals surface area contributed by atoms with Gasteiger partial charge in [-0.15, -0.1) is 0 Å². The van der Waals surface area contributed by atoms with Gasteiger partial charge in [0.25, 0.3) is 0 Å². The average Bonchev–Trinajstić information content (AvgIpc) is 2.20. The lowest BCUT2D eigenvalue weighted by molar-refractivity contribution is 0.356. The van der Waals surface area contributed by atoms with Gasteiger partial charge in [0, 0.05) is 12.6 Å². The van der Waals surface area contributed by atoms with Crippen LogP contribution in [0.3, 0.4) is 0 Å². The van der Waals surface area contributed by atoms with Crippen LogP contribution in [0.25, 0.3) is 5.70 Å². The molecule has 0 saturated carbocycles. The molecule has 0 unspecified atom stereocenters. The van der Waals surface area contributed by atoms with Crippen LogP contribution in [0.4, 0.5) is 0 Å². The lowest BCUT2D eigenvalue weighted by Gasteiger charge is -2.24. The van der Waals surface area contributed by atoms with E-state index in [0.29, 0.717) is 0 Å². The number of nitrogens with one attached hydrogen (secondary N) is 1. The van der Waals surface area contributed by atoms with Gasteiger partial charge in [-0.3, -0.25) is 5.01 Å². The van der Waals surface area contributed by atoms with E-state index in [-0.39, 0.29) is 0 Å². The molecule has 2 rings (SSSR count). The molecule has 0 aliphatic carbocycles. The normalized spacial score (nSPS) is 15.0. The predicted octanol–water partition coefficient (Wildman–Crippen LogP) is 1.77. The largest absolute Gasteiger partial charge is 0.275 e. The molecule has 3 nitrogen and oxygen atoms in total. The third-order valence-electron chi connectivity index (χ3n) is 2.30. The van der Waals surface area contributed by atoms with Gasteiger partial charge in [-0.25, -0.2) is 5.53 Å². The summed E-state index contributed by atoms with van der Waals surface area (Å²) in [5, 5.41) is 5.84. The van der Waals surface area contributed by atoms with Crippen molar-refractivity contribution in [3.05, 3.63) is 41.5 Å². The van der Waals surface area contributed by atoms with Crippen LogP contribution in [0, 0.1) is 6.92 Å². The second-order valence-corrected chi connectivity index (χ2v) is 3.30. The number of rotatable bonds is 1. The number of aryl methyl sites for hydroxylation is 1. The molecule has 1 aromatic rings. The van der Waals surface area contributed by atoms with E-state index < -0.39 is 0 Å². The molecule has 1 aliphatic heterocycles. The highest BCUT2D eigenvalue weighted by molar-refractivity contribution is 5.85. The number of nitrogens with zero attached hydrogens (tertiary/aromatic N) is 2. The molecule has 0 radical (unpaired) electrons. The summed E-state index contributed by atoms with van der Waals surface area (Å²) in [7, 11) is 1.95. The third-order valence-corrected chi connectivity index (χ3v) is 2.30. The number of hydrogen-bond donors (Lipinski definition) is 1. The molecule has 14 heavy (non-hydrogen) atoms. The molecule has 0 spiro atoms. The summed E-state index contributed by atoms with van der Waals surface area (Å²) in [6, 6.07) is 8.31. The van der Waals surface area contributed by atoms with Crippen molar-refractivity contribution in [2.45, 2.75) is 6.92 Å². The van der Waals surface area contributed by atoms with Gasteiger partial charge in [-0.05, 0) is 18.6 Å². The molecule has 1 N–H and O–H groups in total. The van der Waals surface area contributed by atoms with Crippen molar-refractivity contribution in [3.63, 3.8) is 0 Å². The Hall–Kier alpha value is -1.77. The van der Waals surface area contributed by atoms with Gasteiger partial charge in [0.1, 0.15) is 0 Å². The number of hydrogen-bond acceptors (Lipinski definition) is 3. The van der Waals surface area contributed by atoms with Crippen molar-refractivity contribution < 1.29 is 0 Å². The standard InChI is InChI=1S/C11H13N3/c1-9-5-3-4-6-10(9)11-7-8-12-13-14(11)2/h3-8,13H,1-2H3. The zero-order valence-corrected chi connectivity index (χ0v) is 8.36. The first-order valence-corrected chi connectivity index (χ1v) is 4.58. The second-order valence-electron chi connectivity index (χ2n) is 3.30. The fourth-order valence-corrected chi connectivity index (χ4v) is 1.52. The smallest absolute Gasteiger partial charge is 0.0675 e. The first-order chi connectivity index (χ1) is 6.79. The van der Waals surface area contributed by atoms with Crippen molar-refractivity contribution in [2.24, 2.45) is 5.10 Å². The predicted molar refractivity (Wildman–Crippen MR) is 58.5 cm³/mol. The van der Waals surface area contributed by atoms with Gasteiger partial charge in [-0.2, -0.15) is 5.10 Å². The number of hydrazine groups is 1. The molecule has 72 valence electrons. The highest BCUT2D eigenvalue weighted by Gasteiger charge is 2.10. The molecule has 0 fully saturated rings. The fourth-order valence-electron chi connectivity index (χ4n) is 1.52. The van der Waals surface area contributed by atoms with E-state index in [1.54, 1.807) is 6.21 Å². The van der Waals surface area contributed by atoms with Crippen LogP contribution in [0.1, 0.15) is 11.1 Å². The highest BCUT2D eigenvalue weighted by atomic mass is 15.6. The number of benzene rings is 1. The van der Waals surface area contributed by atoms with E-state index in [1.807, 2.05) is 30.3 Å². The molecule has 0 aromatic heterocycles. The molecular formula is C11H13N3. The Morgan fingerprint density at radius 1 is 1.29 bits per heavy atom. The summed E-state index contributed by atoms with van der Waals surface area (Å²) < 4.78 is 0. The zero-order chi connectivity index (χ0) is 9.97. The average molecular weight is 187 g/mol. The van der Waals surface area contributed by atoms with Crippen molar-refractivity contribution in [2.75, 3.05) is 7.05 Å². The first-order valence-electron chi connectivity index (χ1n) is 4.58. The van der Waals surface area contributed by atoms with Crippen LogP contribution in [0.15, 0.2) is 35.4 Å². The Kier molecular flexibility index (Phi) is 2.23. The van der Waals surface area contributed by atoms with Crippen molar-refractivity contribution >= 4 is 11.9 Å². The lowest BCUT2D eigenvalue weighted by Crippen LogP contribution is -2.31. The van der Waals surface area contributed by atoms with Crippen LogP contribution in [0.2, 0.25) is 0 Å². The van der Waals surface area contributed by atoms with Gasteiger partial charge >= 0.3 is 0 Å². The SMILES string of the molecule is Cc1ccccc1C1=CC=NNN1C. The van der Waals surface area contributed by atoms with E-state index in [1.165, 1.54) is 11.1 Å². The summed E-state index contributed by atoms with van der Waals surface area (Å²) in [6.45, 7) is 2.11. The van der Waals surface area contributed by atoms with Crippen LogP contribution >= 0.6 is 0 Å². The van der Waals surface area contributed by atoms with E-state index in [0.717, 1.165) is 5.70 Å². The molecule has 0 atom stereocenters. The first kappa shape index (κ1) is 8.81. The van der Waals surface area contributed by atoms with E-state index in [2.05, 4.69) is 29.7 Å². The maximum atomic E-state index is 3.94. The van der Waals surface area contributed by atoms with Crippen molar-refractivity contribution in [1.82, 2.24) is 10.5 Å². The maximum absolute atomic E-state index is 3.94. The molecule has 3 heteroatoms. The van der Waals surface area contributed by atoms with Crippen LogP contribution in [-0.2, 0) is 0 Å². The van der Waals surface area contributed by atoms with Gasteiger partial charge in [-0.1, -0.05) is 24.3 Å².